The average molecular weight is 749 g/mol. The molecule has 0 spiro atoms. The van der Waals surface area contributed by atoms with Gasteiger partial charge in [-0.25, -0.2) is 15.0 Å². The van der Waals surface area contributed by atoms with E-state index in [0.29, 0.717) is 11.1 Å². The molecule has 0 unspecified atom stereocenters. The highest BCUT2D eigenvalue weighted by molar-refractivity contribution is 6.21. The molecular formula is C50H32N6O2. The maximum absolute atomic E-state index is 9.94. The van der Waals surface area contributed by atoms with Crippen LogP contribution in [0.25, 0.3) is 65.6 Å². The third kappa shape index (κ3) is 6.55. The van der Waals surface area contributed by atoms with Crippen LogP contribution in [-0.4, -0.2) is 11.2 Å². The van der Waals surface area contributed by atoms with E-state index in [9.17, 15) is 21.0 Å². The van der Waals surface area contributed by atoms with Gasteiger partial charge in [-0.1, -0.05) is 121 Å². The van der Waals surface area contributed by atoms with E-state index in [1.807, 2.05) is 119 Å². The van der Waals surface area contributed by atoms with E-state index in [2.05, 4.69) is 64.3 Å². The molecule has 2 heterocycles. The van der Waals surface area contributed by atoms with Crippen LogP contribution in [0, 0.1) is 58.5 Å². The van der Waals surface area contributed by atoms with Gasteiger partial charge < -0.3 is 9.47 Å². The largest absolute Gasteiger partial charge is 0.493 e. The Labute approximate surface area is 337 Å². The molecule has 274 valence electrons. The summed E-state index contributed by atoms with van der Waals surface area (Å²) in [4.78, 5) is 6.88. The fourth-order valence-corrected chi connectivity index (χ4v) is 7.56. The fourth-order valence-electron chi connectivity index (χ4n) is 7.56. The van der Waals surface area contributed by atoms with E-state index in [1.165, 1.54) is 0 Å². The lowest BCUT2D eigenvalue weighted by molar-refractivity contribution is 0.0950. The lowest BCUT2D eigenvalue weighted by Crippen LogP contribution is -2.20. The van der Waals surface area contributed by atoms with E-state index in [0.717, 1.165) is 54.9 Å². The van der Waals surface area contributed by atoms with Gasteiger partial charge in [0.1, 0.15) is 29.4 Å². The predicted octanol–water partition coefficient (Wildman–Crippen LogP) is 11.9. The van der Waals surface area contributed by atoms with Crippen molar-refractivity contribution in [1.82, 2.24) is 0 Å². The number of nitriles is 4. The number of rotatable bonds is 6. The molecule has 58 heavy (non-hydrogen) atoms. The summed E-state index contributed by atoms with van der Waals surface area (Å²) in [6.07, 6.45) is 7.46. The van der Waals surface area contributed by atoms with Crippen molar-refractivity contribution in [2.75, 3.05) is 0 Å². The number of allylic oxidation sites excluding steroid dienone is 3. The minimum absolute atomic E-state index is 0.0178. The van der Waals surface area contributed by atoms with Crippen molar-refractivity contribution in [2.24, 2.45) is 0 Å². The summed E-state index contributed by atoms with van der Waals surface area (Å²) in [5.41, 5.74) is 5.40. The highest BCUT2D eigenvalue weighted by Crippen LogP contribution is 2.45. The van der Waals surface area contributed by atoms with E-state index in [4.69, 9.17) is 22.6 Å². The average Bonchev–Trinajstić information content (AvgIpc) is 3.65. The fraction of sp³-hybridized carbons (Fsp3) is 0.120. The van der Waals surface area contributed by atoms with Gasteiger partial charge in [-0.2, -0.15) is 15.8 Å². The maximum Gasteiger partial charge on any atom is 0.304 e. The van der Waals surface area contributed by atoms with Gasteiger partial charge >= 0.3 is 5.70 Å². The third-order valence-electron chi connectivity index (χ3n) is 10.3. The molecule has 8 nitrogen and oxygen atoms in total. The van der Waals surface area contributed by atoms with Gasteiger partial charge in [0, 0.05) is 11.1 Å². The second kappa shape index (κ2) is 15.0. The summed E-state index contributed by atoms with van der Waals surface area (Å²) < 4.78 is 11.8. The molecule has 0 saturated carbocycles. The molecule has 8 heteroatoms. The van der Waals surface area contributed by atoms with Crippen LogP contribution in [0.15, 0.2) is 154 Å². The maximum atomic E-state index is 9.94. The van der Waals surface area contributed by atoms with Crippen LogP contribution in [0.5, 0.6) is 0 Å². The van der Waals surface area contributed by atoms with Crippen LogP contribution >= 0.6 is 0 Å². The van der Waals surface area contributed by atoms with Crippen LogP contribution in [0.2, 0.25) is 0 Å². The van der Waals surface area contributed by atoms with Crippen molar-refractivity contribution in [3.05, 3.63) is 188 Å². The molecule has 0 fully saturated rings. The molecule has 5 aromatic carbocycles. The van der Waals surface area contributed by atoms with Gasteiger partial charge in [0.15, 0.2) is 17.1 Å². The van der Waals surface area contributed by atoms with Crippen LogP contribution < -0.4 is 0 Å². The van der Waals surface area contributed by atoms with Crippen molar-refractivity contribution in [1.29, 1.82) is 21.0 Å². The SMILES string of the molecule is [C-]#[N+]C1=C(/C=C/c2ccc(-c3c4ccccc4c(-c4ccc(/C=C/C5=C(C#N)C(=C(\C#N)[N+]#[C-])/OC5(C)C)cc4)c4ccccc34)cc2)C(C)(C)OC1=C(C#N)C#N. The summed E-state index contributed by atoms with van der Waals surface area (Å²) >= 11 is 0. The van der Waals surface area contributed by atoms with Crippen LogP contribution in [0.4, 0.5) is 0 Å². The monoisotopic (exact) mass is 748 g/mol. The Balaban J connectivity index is 1.26. The van der Waals surface area contributed by atoms with Gasteiger partial charge in [-0.05, 0) is 82.6 Å². The number of hydrogen-bond donors (Lipinski definition) is 0. The van der Waals surface area contributed by atoms with E-state index in [-0.39, 0.29) is 34.1 Å². The van der Waals surface area contributed by atoms with Crippen molar-refractivity contribution in [2.45, 2.75) is 38.9 Å². The summed E-state index contributed by atoms with van der Waals surface area (Å²) in [6, 6.07) is 40.9. The molecule has 0 bridgehead atoms. The molecule has 0 atom stereocenters. The Morgan fingerprint density at radius 1 is 0.569 bits per heavy atom. The van der Waals surface area contributed by atoms with Gasteiger partial charge in [-0.3, -0.25) is 0 Å². The second-order valence-electron chi connectivity index (χ2n) is 14.6. The first kappa shape index (κ1) is 37.9. The Morgan fingerprint density at radius 3 is 1.40 bits per heavy atom. The lowest BCUT2D eigenvalue weighted by atomic mass is 9.85. The van der Waals surface area contributed by atoms with Crippen LogP contribution in [0.1, 0.15) is 38.8 Å². The van der Waals surface area contributed by atoms with Crippen molar-refractivity contribution >= 4 is 33.7 Å². The van der Waals surface area contributed by atoms with E-state index < -0.39 is 11.2 Å². The number of fused-ring (bicyclic) bond motifs is 2. The number of benzene rings is 5. The first-order chi connectivity index (χ1) is 28.0. The summed E-state index contributed by atoms with van der Waals surface area (Å²) in [5.74, 6) is 0.0358. The summed E-state index contributed by atoms with van der Waals surface area (Å²) in [7, 11) is 0. The Kier molecular flexibility index (Phi) is 9.82. The molecule has 7 rings (SSSR count). The quantitative estimate of drug-likeness (QED) is 0.0967. The van der Waals surface area contributed by atoms with Gasteiger partial charge in [-0.15, -0.1) is 0 Å². The first-order valence-electron chi connectivity index (χ1n) is 18.2. The smallest absolute Gasteiger partial charge is 0.304 e. The molecule has 0 N–H and O–H groups in total. The Morgan fingerprint density at radius 2 is 1.00 bits per heavy atom. The Hall–Kier alpha value is -8.40. The number of ether oxygens (including phenoxy) is 2. The minimum atomic E-state index is -0.894. The molecule has 2 aliphatic rings. The molecule has 0 radical (unpaired) electrons. The minimum Gasteiger partial charge on any atom is -0.493 e. The molecular weight excluding hydrogens is 717 g/mol. The van der Waals surface area contributed by atoms with Gasteiger partial charge in [0.05, 0.1) is 24.8 Å². The number of nitrogens with zero attached hydrogens (tertiary/aromatic N) is 6. The molecule has 0 amide bonds. The lowest BCUT2D eigenvalue weighted by Gasteiger charge is -2.21. The topological polar surface area (TPSA) is 122 Å². The van der Waals surface area contributed by atoms with Crippen molar-refractivity contribution in [3.63, 3.8) is 0 Å². The normalized spacial score (nSPS) is 16.3. The van der Waals surface area contributed by atoms with E-state index >= 15 is 0 Å². The van der Waals surface area contributed by atoms with Gasteiger partial charge in [0.2, 0.25) is 5.70 Å². The first-order valence-corrected chi connectivity index (χ1v) is 18.2. The predicted molar refractivity (Wildman–Crippen MR) is 224 cm³/mol. The highest BCUT2D eigenvalue weighted by Gasteiger charge is 2.39. The van der Waals surface area contributed by atoms with Crippen LogP contribution in [0.3, 0.4) is 0 Å². The summed E-state index contributed by atoms with van der Waals surface area (Å²) in [5, 5.41) is 42.6. The number of hydrogen-bond acceptors (Lipinski definition) is 6. The third-order valence-corrected chi connectivity index (χ3v) is 10.3. The molecule has 0 saturated heterocycles. The highest BCUT2D eigenvalue weighted by atomic mass is 16.5. The molecule has 5 aromatic rings. The molecule has 0 aromatic heterocycles. The zero-order valence-electron chi connectivity index (χ0n) is 32.0. The van der Waals surface area contributed by atoms with Crippen molar-refractivity contribution < 1.29 is 9.47 Å². The summed E-state index contributed by atoms with van der Waals surface area (Å²) in [6.45, 7) is 22.3. The van der Waals surface area contributed by atoms with Crippen LogP contribution in [-0.2, 0) is 9.47 Å². The molecule has 2 aliphatic heterocycles. The molecule has 0 aliphatic carbocycles. The van der Waals surface area contributed by atoms with Gasteiger partial charge in [0.25, 0.3) is 0 Å². The zero-order valence-corrected chi connectivity index (χ0v) is 32.0. The van der Waals surface area contributed by atoms with Crippen molar-refractivity contribution in [3.8, 4) is 46.5 Å². The Bertz CT molecular complexity index is 2740. The standard InChI is InChI=1S/C50H32N6O2/c1-49(2)41(40(29-53)48(58-49)43(30-54)55-5)25-19-31-15-21-33(22-16-31)44-36-11-7-9-13-38(36)45(39-14-10-8-12-37(39)44)34-23-17-32(18-24-34)20-26-42-46(56-6)47(35(27-51)28-52)57-50(42,3)4/h7-26H,1-4H3/b25-19+,26-20+,48-43-. The second-order valence-corrected chi connectivity index (χ2v) is 14.6. The van der Waals surface area contributed by atoms with E-state index in [1.54, 1.807) is 0 Å². The zero-order chi connectivity index (χ0) is 41.2.